The molecule has 0 N–H and O–H groups in total. The van der Waals surface area contributed by atoms with Gasteiger partial charge in [-0.15, -0.1) is 4.57 Å². The fourth-order valence-electron chi connectivity index (χ4n) is 2.18. The molecule has 2 aromatic rings. The Labute approximate surface area is 118 Å². The highest BCUT2D eigenvalue weighted by Crippen LogP contribution is 2.22. The number of carbonyl (C=O) groups is 2. The van der Waals surface area contributed by atoms with Gasteiger partial charge in [-0.05, 0) is 6.07 Å². The molecule has 21 heavy (non-hydrogen) atoms. The number of hydrogen-bond acceptors (Lipinski definition) is 5. The molecule has 0 saturated heterocycles. The fourth-order valence-corrected chi connectivity index (χ4v) is 2.18. The van der Waals surface area contributed by atoms with Gasteiger partial charge < -0.3 is 4.74 Å². The summed E-state index contributed by atoms with van der Waals surface area (Å²) in [7, 11) is 0. The number of carbonyl (C=O) groups excluding carboxylic acids is 2. The predicted molar refractivity (Wildman–Crippen MR) is 68.7 cm³/mol. The van der Waals surface area contributed by atoms with E-state index in [4.69, 9.17) is 4.74 Å². The molecular formula is C14H9N2O5+. The van der Waals surface area contributed by atoms with Crippen molar-refractivity contribution in [1.29, 1.82) is 0 Å². The van der Waals surface area contributed by atoms with E-state index < -0.39 is 22.7 Å². The van der Waals surface area contributed by atoms with Crippen molar-refractivity contribution < 1.29 is 23.8 Å². The lowest BCUT2D eigenvalue weighted by Crippen LogP contribution is -2.42. The molecule has 7 heteroatoms. The van der Waals surface area contributed by atoms with E-state index in [0.717, 1.165) is 6.07 Å². The summed E-state index contributed by atoms with van der Waals surface area (Å²) < 4.78 is 6.42. The maximum atomic E-state index is 12.5. The normalized spacial score (nSPS) is 16.2. The number of non-ortho nitro benzene ring substituents is 1. The van der Waals surface area contributed by atoms with E-state index in [1.807, 2.05) is 0 Å². The van der Waals surface area contributed by atoms with Crippen molar-refractivity contribution >= 4 is 17.4 Å². The average molecular weight is 285 g/mol. The molecule has 0 fully saturated rings. The molecule has 3 rings (SSSR count). The number of benzene rings is 1. The second-order valence-electron chi connectivity index (χ2n) is 4.44. The monoisotopic (exact) mass is 285 g/mol. The van der Waals surface area contributed by atoms with Gasteiger partial charge in [0, 0.05) is 23.8 Å². The first-order valence-electron chi connectivity index (χ1n) is 6.08. The van der Waals surface area contributed by atoms with Crippen LogP contribution < -0.4 is 9.30 Å². The van der Waals surface area contributed by atoms with E-state index in [1.54, 1.807) is 24.4 Å². The third kappa shape index (κ3) is 2.14. The number of ether oxygens (including phenoxy) is 1. The number of rotatable bonds is 3. The van der Waals surface area contributed by atoms with Crippen molar-refractivity contribution in [2.24, 2.45) is 0 Å². The van der Waals surface area contributed by atoms with Crippen LogP contribution >= 0.6 is 0 Å². The summed E-state index contributed by atoms with van der Waals surface area (Å²) in [6.07, 6.45) is 1.56. The van der Waals surface area contributed by atoms with Crippen LogP contribution in [0.25, 0.3) is 0 Å². The number of nitrogens with zero attached hydrogens (tertiary/aromatic N) is 2. The molecule has 0 amide bonds. The minimum Gasteiger partial charge on any atom is -0.365 e. The Morgan fingerprint density at radius 1 is 1.24 bits per heavy atom. The standard InChI is InChI=1S/C14H9N2O5/c17-13(9-4-3-5-10(8-9)16(19)20)12-14(18)21-11-6-1-2-7-15(11)12/h1-8,12H/q+1/t12-/m0/s1. The molecule has 7 nitrogen and oxygen atoms in total. The van der Waals surface area contributed by atoms with Gasteiger partial charge in [0.1, 0.15) is 0 Å². The maximum absolute atomic E-state index is 12.5. The quantitative estimate of drug-likeness (QED) is 0.211. The van der Waals surface area contributed by atoms with Gasteiger partial charge in [-0.2, -0.15) is 0 Å². The highest BCUT2D eigenvalue weighted by Gasteiger charge is 2.46. The van der Waals surface area contributed by atoms with Gasteiger partial charge in [-0.25, -0.2) is 4.79 Å². The van der Waals surface area contributed by atoms with Gasteiger partial charge in [0.05, 0.1) is 11.0 Å². The number of ketones is 1. The molecular weight excluding hydrogens is 276 g/mol. The van der Waals surface area contributed by atoms with Crippen LogP contribution in [0.1, 0.15) is 16.4 Å². The van der Waals surface area contributed by atoms with Crippen LogP contribution in [0.2, 0.25) is 0 Å². The molecule has 0 radical (unpaired) electrons. The summed E-state index contributed by atoms with van der Waals surface area (Å²) in [6.45, 7) is 0. The number of hydrogen-bond donors (Lipinski definition) is 0. The maximum Gasteiger partial charge on any atom is 0.394 e. The van der Waals surface area contributed by atoms with Crippen molar-refractivity contribution in [3.8, 4) is 5.88 Å². The Bertz CT molecular complexity index is 771. The Hall–Kier alpha value is -3.09. The SMILES string of the molecule is O=C1Oc2cccc[n+]2[C@H]1C(=O)c1cccc([N+](=O)[O-])c1. The molecule has 104 valence electrons. The number of nitro benzene ring substituents is 1. The van der Waals surface area contributed by atoms with Crippen LogP contribution in [0.5, 0.6) is 5.88 Å². The summed E-state index contributed by atoms with van der Waals surface area (Å²) in [4.78, 5) is 34.5. The number of aromatic nitrogens is 1. The number of nitro groups is 1. The van der Waals surface area contributed by atoms with Crippen molar-refractivity contribution in [2.45, 2.75) is 6.04 Å². The topological polar surface area (TPSA) is 90.4 Å². The minimum atomic E-state index is -1.15. The Kier molecular flexibility index (Phi) is 2.94. The van der Waals surface area contributed by atoms with Gasteiger partial charge in [-0.3, -0.25) is 14.9 Å². The Morgan fingerprint density at radius 3 is 2.81 bits per heavy atom. The summed E-state index contributed by atoms with van der Waals surface area (Å²) in [6, 6.07) is 9.04. The third-order valence-electron chi connectivity index (χ3n) is 3.15. The summed E-state index contributed by atoms with van der Waals surface area (Å²) in [5, 5.41) is 10.8. The number of Topliss-reactive ketones (excluding diaryl/α,β-unsaturated/α-hetero) is 1. The Morgan fingerprint density at radius 2 is 2.05 bits per heavy atom. The smallest absolute Gasteiger partial charge is 0.365 e. The summed E-state index contributed by atoms with van der Waals surface area (Å²) in [5.74, 6) is -0.970. The van der Waals surface area contributed by atoms with Crippen LogP contribution in [-0.4, -0.2) is 16.7 Å². The highest BCUT2D eigenvalue weighted by molar-refractivity contribution is 6.10. The van der Waals surface area contributed by atoms with Crippen molar-refractivity contribution in [1.82, 2.24) is 0 Å². The molecule has 2 heterocycles. The molecule has 1 aliphatic heterocycles. The van der Waals surface area contributed by atoms with Crippen LogP contribution in [0.15, 0.2) is 48.7 Å². The number of esters is 1. The molecule has 0 spiro atoms. The molecule has 0 unspecified atom stereocenters. The minimum absolute atomic E-state index is 0.0929. The van der Waals surface area contributed by atoms with Crippen LogP contribution in [0.4, 0.5) is 5.69 Å². The van der Waals surface area contributed by atoms with E-state index in [-0.39, 0.29) is 17.1 Å². The number of pyridine rings is 1. The zero-order valence-electron chi connectivity index (χ0n) is 10.6. The number of fused-ring (bicyclic) bond motifs is 1. The lowest BCUT2D eigenvalue weighted by Gasteiger charge is -2.02. The van der Waals surface area contributed by atoms with Crippen molar-refractivity contribution in [3.05, 3.63) is 64.3 Å². The van der Waals surface area contributed by atoms with Crippen molar-refractivity contribution in [2.75, 3.05) is 0 Å². The largest absolute Gasteiger partial charge is 0.394 e. The average Bonchev–Trinajstić information content (AvgIpc) is 2.82. The first-order valence-corrected chi connectivity index (χ1v) is 6.08. The van der Waals surface area contributed by atoms with Gasteiger partial charge >= 0.3 is 17.9 Å². The van der Waals surface area contributed by atoms with Gasteiger partial charge in [0.2, 0.25) is 5.78 Å². The second kappa shape index (κ2) is 4.78. The molecule has 1 aromatic heterocycles. The first kappa shape index (κ1) is 12.9. The molecule has 1 aliphatic rings. The van der Waals surface area contributed by atoms with E-state index in [9.17, 15) is 19.7 Å². The van der Waals surface area contributed by atoms with E-state index in [1.165, 1.54) is 22.8 Å². The summed E-state index contributed by atoms with van der Waals surface area (Å²) >= 11 is 0. The lowest BCUT2D eigenvalue weighted by atomic mass is 10.0. The van der Waals surface area contributed by atoms with E-state index >= 15 is 0 Å². The van der Waals surface area contributed by atoms with Crippen molar-refractivity contribution in [3.63, 3.8) is 0 Å². The zero-order chi connectivity index (χ0) is 15.0. The predicted octanol–water partition coefficient (Wildman–Crippen LogP) is 1.23. The zero-order valence-corrected chi connectivity index (χ0v) is 10.6. The van der Waals surface area contributed by atoms with Crippen LogP contribution in [0.3, 0.4) is 0 Å². The Balaban J connectivity index is 2.01. The van der Waals surface area contributed by atoms with Crippen LogP contribution in [-0.2, 0) is 4.79 Å². The molecule has 1 atom stereocenters. The van der Waals surface area contributed by atoms with E-state index in [2.05, 4.69) is 0 Å². The van der Waals surface area contributed by atoms with Gasteiger partial charge in [-0.1, -0.05) is 12.1 Å². The van der Waals surface area contributed by atoms with Gasteiger partial charge in [0.15, 0.2) is 6.20 Å². The molecule has 1 aromatic carbocycles. The first-order chi connectivity index (χ1) is 10.1. The second-order valence-corrected chi connectivity index (χ2v) is 4.44. The highest BCUT2D eigenvalue weighted by atomic mass is 16.6. The molecule has 0 bridgehead atoms. The van der Waals surface area contributed by atoms with Gasteiger partial charge in [0.25, 0.3) is 5.69 Å². The van der Waals surface area contributed by atoms with Crippen LogP contribution in [0, 0.1) is 10.1 Å². The summed E-state index contributed by atoms with van der Waals surface area (Å²) in [5.41, 5.74) is -0.110. The molecule has 0 aliphatic carbocycles. The lowest BCUT2D eigenvalue weighted by molar-refractivity contribution is -0.685. The fraction of sp³-hybridized carbons (Fsp3) is 0.0714. The van der Waals surface area contributed by atoms with E-state index in [0.29, 0.717) is 0 Å². The third-order valence-corrected chi connectivity index (χ3v) is 3.15. The molecule has 0 saturated carbocycles.